The van der Waals surface area contributed by atoms with E-state index in [2.05, 4.69) is 47.4 Å². The van der Waals surface area contributed by atoms with Crippen LogP contribution in [0.25, 0.3) is 0 Å². The topological polar surface area (TPSA) is 27.0 Å². The molecule has 0 radical (unpaired) electrons. The molecule has 2 nitrogen and oxygen atoms in total. The highest BCUT2D eigenvalue weighted by Gasteiger charge is 2.18. The SMILES string of the molecule is N#CCCN(Cc1ccccc1)[C@H](CCl)Cc1ccccc1. The Morgan fingerprint density at radius 2 is 1.55 bits per heavy atom. The lowest BCUT2D eigenvalue weighted by Crippen LogP contribution is -2.38. The summed E-state index contributed by atoms with van der Waals surface area (Å²) in [5.41, 5.74) is 2.53. The van der Waals surface area contributed by atoms with Crippen LogP contribution in [-0.4, -0.2) is 23.4 Å². The Balaban J connectivity index is 2.09. The number of hydrogen-bond acceptors (Lipinski definition) is 2. The van der Waals surface area contributed by atoms with Gasteiger partial charge in [0, 0.05) is 31.4 Å². The van der Waals surface area contributed by atoms with Crippen LogP contribution in [0.3, 0.4) is 0 Å². The Kier molecular flexibility index (Phi) is 6.96. The van der Waals surface area contributed by atoms with Gasteiger partial charge in [-0.2, -0.15) is 5.26 Å². The number of nitriles is 1. The van der Waals surface area contributed by atoms with E-state index in [-0.39, 0.29) is 6.04 Å². The quantitative estimate of drug-likeness (QED) is 0.681. The van der Waals surface area contributed by atoms with E-state index in [0.717, 1.165) is 19.5 Å². The smallest absolute Gasteiger partial charge is 0.0635 e. The van der Waals surface area contributed by atoms with Gasteiger partial charge >= 0.3 is 0 Å². The van der Waals surface area contributed by atoms with E-state index >= 15 is 0 Å². The molecular formula is C19H21ClN2. The third kappa shape index (κ3) is 5.18. The van der Waals surface area contributed by atoms with Gasteiger partial charge in [0.25, 0.3) is 0 Å². The molecule has 2 aromatic carbocycles. The lowest BCUT2D eigenvalue weighted by molar-refractivity contribution is 0.205. The van der Waals surface area contributed by atoms with Gasteiger partial charge in [-0.15, -0.1) is 11.6 Å². The maximum atomic E-state index is 8.92. The molecule has 2 rings (SSSR count). The van der Waals surface area contributed by atoms with E-state index < -0.39 is 0 Å². The second-order valence-corrected chi connectivity index (χ2v) is 5.67. The first-order valence-electron chi connectivity index (χ1n) is 7.58. The van der Waals surface area contributed by atoms with E-state index in [0.29, 0.717) is 12.3 Å². The molecule has 0 heterocycles. The Morgan fingerprint density at radius 1 is 0.955 bits per heavy atom. The molecule has 3 heteroatoms. The maximum Gasteiger partial charge on any atom is 0.0635 e. The Labute approximate surface area is 137 Å². The first kappa shape index (κ1) is 16.5. The van der Waals surface area contributed by atoms with Crippen LogP contribution in [0.15, 0.2) is 60.7 Å². The monoisotopic (exact) mass is 312 g/mol. The van der Waals surface area contributed by atoms with Crippen molar-refractivity contribution in [2.45, 2.75) is 25.4 Å². The van der Waals surface area contributed by atoms with Gasteiger partial charge in [-0.3, -0.25) is 4.90 Å². The molecule has 2 aromatic rings. The fourth-order valence-corrected chi connectivity index (χ4v) is 2.87. The van der Waals surface area contributed by atoms with Crippen LogP contribution < -0.4 is 0 Å². The Hall–Kier alpha value is -1.82. The van der Waals surface area contributed by atoms with Crippen molar-refractivity contribution in [1.29, 1.82) is 5.26 Å². The van der Waals surface area contributed by atoms with Gasteiger partial charge in [0.1, 0.15) is 0 Å². The highest BCUT2D eigenvalue weighted by Crippen LogP contribution is 2.15. The summed E-state index contributed by atoms with van der Waals surface area (Å²) in [5.74, 6) is 0.563. The summed E-state index contributed by atoms with van der Waals surface area (Å²) < 4.78 is 0. The summed E-state index contributed by atoms with van der Waals surface area (Å²) in [4.78, 5) is 2.32. The lowest BCUT2D eigenvalue weighted by Gasteiger charge is -2.30. The van der Waals surface area contributed by atoms with Crippen LogP contribution in [0, 0.1) is 11.3 Å². The van der Waals surface area contributed by atoms with Crippen LogP contribution in [0.5, 0.6) is 0 Å². The molecule has 114 valence electrons. The first-order chi connectivity index (χ1) is 10.8. The number of hydrogen-bond donors (Lipinski definition) is 0. The van der Waals surface area contributed by atoms with E-state index in [1.54, 1.807) is 0 Å². The Morgan fingerprint density at radius 3 is 2.09 bits per heavy atom. The van der Waals surface area contributed by atoms with Crippen molar-refractivity contribution in [1.82, 2.24) is 4.90 Å². The molecule has 0 saturated carbocycles. The van der Waals surface area contributed by atoms with Crippen molar-refractivity contribution >= 4 is 11.6 Å². The summed E-state index contributed by atoms with van der Waals surface area (Å²) in [6.07, 6.45) is 1.43. The van der Waals surface area contributed by atoms with Crippen molar-refractivity contribution in [2.24, 2.45) is 0 Å². The number of benzene rings is 2. The largest absolute Gasteiger partial charge is 0.294 e. The predicted octanol–water partition coefficient (Wildman–Crippen LogP) is 4.25. The molecule has 0 bridgehead atoms. The first-order valence-corrected chi connectivity index (χ1v) is 8.11. The Bertz CT molecular complexity index is 577. The second kappa shape index (κ2) is 9.25. The van der Waals surface area contributed by atoms with Crippen molar-refractivity contribution in [2.75, 3.05) is 12.4 Å². The summed E-state index contributed by atoms with van der Waals surface area (Å²) in [7, 11) is 0. The van der Waals surface area contributed by atoms with Crippen LogP contribution in [0.4, 0.5) is 0 Å². The molecule has 0 aliphatic rings. The number of rotatable bonds is 8. The van der Waals surface area contributed by atoms with Gasteiger partial charge in [-0.05, 0) is 17.5 Å². The maximum absolute atomic E-state index is 8.92. The molecule has 0 aliphatic heterocycles. The number of halogens is 1. The van der Waals surface area contributed by atoms with E-state index in [4.69, 9.17) is 16.9 Å². The molecule has 0 N–H and O–H groups in total. The number of nitrogens with zero attached hydrogens (tertiary/aromatic N) is 2. The fraction of sp³-hybridized carbons (Fsp3) is 0.316. The standard InChI is InChI=1S/C19H21ClN2/c20-15-19(14-17-8-3-1-4-9-17)22(13-7-12-21)16-18-10-5-2-6-11-18/h1-6,8-11,19H,7,13-16H2/t19-/m0/s1. The highest BCUT2D eigenvalue weighted by atomic mass is 35.5. The third-order valence-corrected chi connectivity index (χ3v) is 4.10. The molecule has 22 heavy (non-hydrogen) atoms. The lowest BCUT2D eigenvalue weighted by atomic mass is 10.0. The van der Waals surface area contributed by atoms with Gasteiger partial charge < -0.3 is 0 Å². The van der Waals surface area contributed by atoms with Crippen LogP contribution >= 0.6 is 11.6 Å². The van der Waals surface area contributed by atoms with Gasteiger partial charge in [0.05, 0.1) is 6.07 Å². The van der Waals surface area contributed by atoms with Crippen molar-refractivity contribution in [3.63, 3.8) is 0 Å². The molecule has 0 spiro atoms. The zero-order valence-electron chi connectivity index (χ0n) is 12.7. The van der Waals surface area contributed by atoms with Crippen molar-refractivity contribution in [3.8, 4) is 6.07 Å². The van der Waals surface area contributed by atoms with Gasteiger partial charge in [-0.1, -0.05) is 60.7 Å². The molecule has 0 aliphatic carbocycles. The third-order valence-electron chi connectivity index (χ3n) is 3.75. The van der Waals surface area contributed by atoms with E-state index in [1.807, 2.05) is 24.3 Å². The average molecular weight is 313 g/mol. The predicted molar refractivity (Wildman–Crippen MR) is 91.7 cm³/mol. The van der Waals surface area contributed by atoms with E-state index in [1.165, 1.54) is 11.1 Å². The van der Waals surface area contributed by atoms with Gasteiger partial charge in [0.15, 0.2) is 0 Å². The zero-order chi connectivity index (χ0) is 15.6. The normalized spacial score (nSPS) is 12.0. The summed E-state index contributed by atoms with van der Waals surface area (Å²) >= 11 is 6.23. The summed E-state index contributed by atoms with van der Waals surface area (Å²) in [6, 6.07) is 23.2. The van der Waals surface area contributed by atoms with Crippen LogP contribution in [-0.2, 0) is 13.0 Å². The minimum Gasteiger partial charge on any atom is -0.294 e. The van der Waals surface area contributed by atoms with Crippen molar-refractivity contribution in [3.05, 3.63) is 71.8 Å². The molecule has 0 saturated heterocycles. The van der Waals surface area contributed by atoms with Gasteiger partial charge in [-0.25, -0.2) is 0 Å². The minimum absolute atomic E-state index is 0.234. The molecule has 1 atom stereocenters. The molecule has 0 aromatic heterocycles. The molecule has 0 fully saturated rings. The van der Waals surface area contributed by atoms with Gasteiger partial charge in [0.2, 0.25) is 0 Å². The van der Waals surface area contributed by atoms with Crippen LogP contribution in [0.2, 0.25) is 0 Å². The molecule has 0 amide bonds. The van der Waals surface area contributed by atoms with Crippen LogP contribution in [0.1, 0.15) is 17.5 Å². The fourth-order valence-electron chi connectivity index (χ4n) is 2.57. The minimum atomic E-state index is 0.234. The number of alkyl halides is 1. The van der Waals surface area contributed by atoms with E-state index in [9.17, 15) is 0 Å². The van der Waals surface area contributed by atoms with Crippen molar-refractivity contribution < 1.29 is 0 Å². The average Bonchev–Trinajstić information content (AvgIpc) is 2.58. The highest BCUT2D eigenvalue weighted by molar-refractivity contribution is 6.18. The second-order valence-electron chi connectivity index (χ2n) is 5.36. The summed E-state index contributed by atoms with van der Waals surface area (Å²) in [6.45, 7) is 1.57. The summed E-state index contributed by atoms with van der Waals surface area (Å²) in [5, 5.41) is 8.92. The molecule has 0 unspecified atom stereocenters. The molecular weight excluding hydrogens is 292 g/mol. The zero-order valence-corrected chi connectivity index (χ0v) is 13.4.